The average molecular weight is 355 g/mol. The Balaban J connectivity index is 2.12. The largest absolute Gasteiger partial charge is 0.496 e. The van der Waals surface area contributed by atoms with Gasteiger partial charge in [-0.05, 0) is 49.8 Å². The van der Waals surface area contributed by atoms with Crippen LogP contribution in [0.2, 0.25) is 0 Å². The molecule has 1 aromatic carbocycles. The number of hydrogen-bond donors (Lipinski definition) is 1. The van der Waals surface area contributed by atoms with Crippen molar-refractivity contribution in [3.8, 4) is 5.75 Å². The topological polar surface area (TPSA) is 29.5 Å². The highest BCUT2D eigenvalue weighted by atomic mass is 79.9. The van der Waals surface area contributed by atoms with E-state index in [4.69, 9.17) is 4.74 Å². The summed E-state index contributed by atoms with van der Waals surface area (Å²) in [6.07, 6.45) is 8.29. The van der Waals surface area contributed by atoms with E-state index in [2.05, 4.69) is 22.0 Å². The summed E-state index contributed by atoms with van der Waals surface area (Å²) in [7, 11) is 1.69. The highest BCUT2D eigenvalue weighted by molar-refractivity contribution is 9.10. The minimum atomic E-state index is -0.432. The first-order chi connectivity index (χ1) is 10.0. The van der Waals surface area contributed by atoms with E-state index in [1.165, 1.54) is 32.1 Å². The van der Waals surface area contributed by atoms with Crippen molar-refractivity contribution in [3.05, 3.63) is 27.2 Å². The zero-order valence-electron chi connectivity index (χ0n) is 13.4. The van der Waals surface area contributed by atoms with Gasteiger partial charge in [-0.15, -0.1) is 0 Å². The van der Waals surface area contributed by atoms with Crippen molar-refractivity contribution in [3.63, 3.8) is 0 Å². The van der Waals surface area contributed by atoms with Crippen LogP contribution in [-0.4, -0.2) is 12.2 Å². The van der Waals surface area contributed by atoms with Crippen molar-refractivity contribution in [2.45, 2.75) is 64.9 Å². The van der Waals surface area contributed by atoms with E-state index in [1.807, 2.05) is 13.8 Å². The first-order valence-corrected chi connectivity index (χ1v) is 8.85. The molecule has 1 saturated carbocycles. The summed E-state index contributed by atoms with van der Waals surface area (Å²) in [5.74, 6) is 1.64. The molecule has 1 aliphatic rings. The van der Waals surface area contributed by atoms with E-state index >= 15 is 0 Å². The molecule has 1 aromatic rings. The Hall–Kier alpha value is -0.540. The molecule has 0 aromatic heterocycles. The Kier molecular flexibility index (Phi) is 6.12. The molecular formula is C18H27BrO2. The number of ether oxygens (including phenoxy) is 1. The van der Waals surface area contributed by atoms with Crippen molar-refractivity contribution < 1.29 is 9.84 Å². The molecular weight excluding hydrogens is 328 g/mol. The standard InChI is InChI=1S/C18H27BrO2/c1-12-11-15(19)13(2)17(18(12)21-3)16(20)10-9-14-7-5-4-6-8-14/h11,14,16,20H,4-10H2,1-3H3. The molecule has 1 N–H and O–H groups in total. The van der Waals surface area contributed by atoms with E-state index in [0.717, 1.165) is 45.7 Å². The molecule has 1 atom stereocenters. The number of rotatable bonds is 5. The Morgan fingerprint density at radius 3 is 2.57 bits per heavy atom. The lowest BCUT2D eigenvalue weighted by Crippen LogP contribution is -2.10. The molecule has 0 aliphatic heterocycles. The lowest BCUT2D eigenvalue weighted by molar-refractivity contribution is 0.147. The van der Waals surface area contributed by atoms with Crippen molar-refractivity contribution >= 4 is 15.9 Å². The van der Waals surface area contributed by atoms with Gasteiger partial charge >= 0.3 is 0 Å². The van der Waals surface area contributed by atoms with E-state index in [1.54, 1.807) is 7.11 Å². The average Bonchev–Trinajstić information content (AvgIpc) is 2.49. The number of aryl methyl sites for hydroxylation is 1. The number of benzene rings is 1. The van der Waals surface area contributed by atoms with Crippen LogP contribution in [-0.2, 0) is 0 Å². The SMILES string of the molecule is COc1c(C)cc(Br)c(C)c1C(O)CCC1CCCCC1. The lowest BCUT2D eigenvalue weighted by atomic mass is 9.84. The maximum Gasteiger partial charge on any atom is 0.127 e. The smallest absolute Gasteiger partial charge is 0.127 e. The second-order valence-electron chi connectivity index (χ2n) is 6.34. The van der Waals surface area contributed by atoms with Crippen molar-refractivity contribution in [2.75, 3.05) is 7.11 Å². The second-order valence-corrected chi connectivity index (χ2v) is 7.20. The Morgan fingerprint density at radius 1 is 1.29 bits per heavy atom. The summed E-state index contributed by atoms with van der Waals surface area (Å²) in [5.41, 5.74) is 3.12. The van der Waals surface area contributed by atoms with Crippen molar-refractivity contribution in [1.29, 1.82) is 0 Å². The first kappa shape index (κ1) is 16.8. The fourth-order valence-corrected chi connectivity index (χ4v) is 4.12. The van der Waals surface area contributed by atoms with E-state index in [9.17, 15) is 5.11 Å². The van der Waals surface area contributed by atoms with Gasteiger partial charge < -0.3 is 9.84 Å². The van der Waals surface area contributed by atoms with Crippen LogP contribution in [0.1, 0.15) is 67.7 Å². The Morgan fingerprint density at radius 2 is 1.95 bits per heavy atom. The molecule has 0 heterocycles. The number of aliphatic hydroxyl groups is 1. The van der Waals surface area contributed by atoms with Crippen LogP contribution in [0.25, 0.3) is 0 Å². The summed E-state index contributed by atoms with van der Waals surface area (Å²) in [6.45, 7) is 4.07. The third-order valence-electron chi connectivity index (χ3n) is 4.82. The molecule has 1 aliphatic carbocycles. The minimum absolute atomic E-state index is 0.432. The third kappa shape index (κ3) is 4.01. The van der Waals surface area contributed by atoms with Gasteiger partial charge in [-0.3, -0.25) is 0 Å². The van der Waals surface area contributed by atoms with Gasteiger partial charge in [0, 0.05) is 10.0 Å². The number of aliphatic hydroxyl groups excluding tert-OH is 1. The molecule has 0 radical (unpaired) electrons. The predicted molar refractivity (Wildman–Crippen MR) is 90.9 cm³/mol. The molecule has 0 saturated heterocycles. The first-order valence-electron chi connectivity index (χ1n) is 8.06. The molecule has 1 unspecified atom stereocenters. The van der Waals surface area contributed by atoms with Gasteiger partial charge in [0.05, 0.1) is 13.2 Å². The van der Waals surface area contributed by atoms with Crippen molar-refractivity contribution in [1.82, 2.24) is 0 Å². The van der Waals surface area contributed by atoms with Gasteiger partial charge in [-0.2, -0.15) is 0 Å². The van der Waals surface area contributed by atoms with Gasteiger partial charge in [-0.1, -0.05) is 48.0 Å². The van der Waals surface area contributed by atoms with Gasteiger partial charge in [0.2, 0.25) is 0 Å². The predicted octanol–water partition coefficient (Wildman–Crippen LogP) is 5.47. The zero-order valence-corrected chi connectivity index (χ0v) is 15.0. The van der Waals surface area contributed by atoms with Gasteiger partial charge in [0.15, 0.2) is 0 Å². The number of methoxy groups -OCH3 is 1. The molecule has 21 heavy (non-hydrogen) atoms. The normalized spacial score (nSPS) is 17.8. The summed E-state index contributed by atoms with van der Waals surface area (Å²) >= 11 is 3.59. The molecule has 2 nitrogen and oxygen atoms in total. The van der Waals surface area contributed by atoms with E-state index in [0.29, 0.717) is 0 Å². The monoisotopic (exact) mass is 354 g/mol. The van der Waals surface area contributed by atoms with Crippen LogP contribution in [0.5, 0.6) is 5.75 Å². The molecule has 0 bridgehead atoms. The van der Waals surface area contributed by atoms with Crippen molar-refractivity contribution in [2.24, 2.45) is 5.92 Å². The zero-order chi connectivity index (χ0) is 15.4. The molecule has 118 valence electrons. The van der Waals surface area contributed by atoms with Crippen LogP contribution < -0.4 is 4.74 Å². The summed E-state index contributed by atoms with van der Waals surface area (Å²) in [6, 6.07) is 2.06. The molecule has 1 fully saturated rings. The quantitative estimate of drug-likeness (QED) is 0.759. The third-order valence-corrected chi connectivity index (χ3v) is 5.64. The highest BCUT2D eigenvalue weighted by Crippen LogP contribution is 2.39. The van der Waals surface area contributed by atoms with Crippen LogP contribution in [0.4, 0.5) is 0 Å². The van der Waals surface area contributed by atoms with Gasteiger partial charge in [-0.25, -0.2) is 0 Å². The van der Waals surface area contributed by atoms with E-state index < -0.39 is 6.10 Å². The van der Waals surface area contributed by atoms with Crippen LogP contribution in [0, 0.1) is 19.8 Å². The molecule has 2 rings (SSSR count). The Bertz CT molecular complexity index is 479. The summed E-state index contributed by atoms with van der Waals surface area (Å²) in [4.78, 5) is 0. The second kappa shape index (κ2) is 7.64. The molecule has 3 heteroatoms. The minimum Gasteiger partial charge on any atom is -0.496 e. The fraction of sp³-hybridized carbons (Fsp3) is 0.667. The summed E-state index contributed by atoms with van der Waals surface area (Å²) < 4.78 is 6.59. The number of halogens is 1. The van der Waals surface area contributed by atoms with Gasteiger partial charge in [0.25, 0.3) is 0 Å². The summed E-state index contributed by atoms with van der Waals surface area (Å²) in [5, 5.41) is 10.7. The van der Waals surface area contributed by atoms with Crippen LogP contribution >= 0.6 is 15.9 Å². The molecule has 0 spiro atoms. The van der Waals surface area contributed by atoms with Gasteiger partial charge in [0.1, 0.15) is 5.75 Å². The Labute approximate surface area is 137 Å². The lowest BCUT2D eigenvalue weighted by Gasteiger charge is -2.24. The highest BCUT2D eigenvalue weighted by Gasteiger charge is 2.22. The number of hydrogen-bond acceptors (Lipinski definition) is 2. The van der Waals surface area contributed by atoms with Crippen LogP contribution in [0.15, 0.2) is 10.5 Å². The maximum absolute atomic E-state index is 10.7. The fourth-order valence-electron chi connectivity index (χ4n) is 3.56. The maximum atomic E-state index is 10.7. The van der Waals surface area contributed by atoms with E-state index in [-0.39, 0.29) is 0 Å². The molecule has 0 amide bonds. The van der Waals surface area contributed by atoms with Crippen LogP contribution in [0.3, 0.4) is 0 Å².